The van der Waals surface area contributed by atoms with Crippen LogP contribution in [0.2, 0.25) is 0 Å². The van der Waals surface area contributed by atoms with E-state index in [-0.39, 0.29) is 22.6 Å². The first-order valence-corrected chi connectivity index (χ1v) is 10.4. The molecule has 1 amide bonds. The second-order valence-electron chi connectivity index (χ2n) is 7.58. The SMILES string of the molecule is COc1ccc(NC(=O)C(=O)[C@@H](C(=O)c2ccccc2)[C@@H]2OC(=O)c3ccccc32)c([N+](=O)[O-])c1. The Balaban J connectivity index is 1.71. The average Bonchev–Trinajstić information content (AvgIpc) is 3.20. The molecule has 176 valence electrons. The predicted octanol–water partition coefficient (Wildman–Crippen LogP) is 3.52. The number of esters is 1. The molecule has 3 aromatic rings. The Morgan fingerprint density at radius 3 is 2.40 bits per heavy atom. The smallest absolute Gasteiger partial charge is 0.339 e. The number of hydrogen-bond donors (Lipinski definition) is 1. The van der Waals surface area contributed by atoms with Crippen LogP contribution in [0, 0.1) is 16.0 Å². The number of fused-ring (bicyclic) bond motifs is 1. The fourth-order valence-corrected chi connectivity index (χ4v) is 3.82. The van der Waals surface area contributed by atoms with Crippen LogP contribution in [0.5, 0.6) is 5.75 Å². The number of hydrogen-bond acceptors (Lipinski definition) is 8. The van der Waals surface area contributed by atoms with Crippen molar-refractivity contribution >= 4 is 34.8 Å². The first kappa shape index (κ1) is 23.3. The van der Waals surface area contributed by atoms with E-state index in [9.17, 15) is 29.3 Å². The third-order valence-corrected chi connectivity index (χ3v) is 5.52. The monoisotopic (exact) mass is 474 g/mol. The largest absolute Gasteiger partial charge is 0.496 e. The lowest BCUT2D eigenvalue weighted by molar-refractivity contribution is -0.384. The summed E-state index contributed by atoms with van der Waals surface area (Å²) in [6, 6.07) is 17.7. The van der Waals surface area contributed by atoms with Crippen molar-refractivity contribution in [2.24, 2.45) is 5.92 Å². The van der Waals surface area contributed by atoms with Gasteiger partial charge in [-0.1, -0.05) is 48.5 Å². The molecule has 1 heterocycles. The van der Waals surface area contributed by atoms with Crippen LogP contribution in [0.1, 0.15) is 32.4 Å². The Kier molecular flexibility index (Phi) is 6.36. The highest BCUT2D eigenvalue weighted by Gasteiger charge is 2.46. The Morgan fingerprint density at radius 2 is 1.71 bits per heavy atom. The van der Waals surface area contributed by atoms with Gasteiger partial charge < -0.3 is 14.8 Å². The maximum absolute atomic E-state index is 13.4. The highest BCUT2D eigenvalue weighted by molar-refractivity contribution is 6.45. The molecule has 0 aromatic heterocycles. The molecule has 10 nitrogen and oxygen atoms in total. The summed E-state index contributed by atoms with van der Waals surface area (Å²) in [5.74, 6) is -5.47. The number of nitro groups is 1. The number of carbonyl (C=O) groups excluding carboxylic acids is 4. The van der Waals surface area contributed by atoms with Crippen molar-refractivity contribution in [3.8, 4) is 5.75 Å². The van der Waals surface area contributed by atoms with E-state index in [1.165, 1.54) is 43.5 Å². The zero-order chi connectivity index (χ0) is 25.1. The zero-order valence-corrected chi connectivity index (χ0v) is 18.3. The molecular weight excluding hydrogens is 456 g/mol. The summed E-state index contributed by atoms with van der Waals surface area (Å²) in [7, 11) is 1.32. The molecule has 2 atom stereocenters. The van der Waals surface area contributed by atoms with Crippen LogP contribution in [0.3, 0.4) is 0 Å². The van der Waals surface area contributed by atoms with Gasteiger partial charge in [0.2, 0.25) is 5.78 Å². The molecule has 35 heavy (non-hydrogen) atoms. The van der Waals surface area contributed by atoms with Crippen LogP contribution in [0.15, 0.2) is 72.8 Å². The van der Waals surface area contributed by atoms with Gasteiger partial charge in [0.25, 0.3) is 11.6 Å². The van der Waals surface area contributed by atoms with Crippen LogP contribution in [-0.2, 0) is 14.3 Å². The van der Waals surface area contributed by atoms with Gasteiger partial charge in [0.15, 0.2) is 5.78 Å². The fourth-order valence-electron chi connectivity index (χ4n) is 3.82. The van der Waals surface area contributed by atoms with Gasteiger partial charge in [0.05, 0.1) is 23.7 Å². The normalized spacial score (nSPS) is 14.9. The first-order valence-electron chi connectivity index (χ1n) is 10.4. The number of nitrogens with one attached hydrogen (secondary N) is 1. The van der Waals surface area contributed by atoms with E-state index in [0.29, 0.717) is 5.56 Å². The summed E-state index contributed by atoms with van der Waals surface area (Å²) in [6.45, 7) is 0. The molecule has 0 saturated heterocycles. The van der Waals surface area contributed by atoms with Crippen LogP contribution in [0.25, 0.3) is 0 Å². The van der Waals surface area contributed by atoms with Crippen molar-refractivity contribution in [3.63, 3.8) is 0 Å². The third kappa shape index (κ3) is 4.49. The van der Waals surface area contributed by atoms with Gasteiger partial charge in [0, 0.05) is 11.1 Å². The molecule has 1 aliphatic heterocycles. The molecule has 10 heteroatoms. The van der Waals surface area contributed by atoms with E-state index in [0.717, 1.165) is 6.07 Å². The highest BCUT2D eigenvalue weighted by atomic mass is 16.6. The van der Waals surface area contributed by atoms with Gasteiger partial charge in [-0.05, 0) is 18.2 Å². The molecular formula is C25H18N2O8. The van der Waals surface area contributed by atoms with Gasteiger partial charge in [-0.25, -0.2) is 4.79 Å². The molecule has 4 rings (SSSR count). The van der Waals surface area contributed by atoms with Gasteiger partial charge in [0.1, 0.15) is 23.5 Å². The lowest BCUT2D eigenvalue weighted by Gasteiger charge is -2.21. The van der Waals surface area contributed by atoms with Gasteiger partial charge in [-0.3, -0.25) is 24.5 Å². The number of ketones is 2. The number of methoxy groups -OCH3 is 1. The Morgan fingerprint density at radius 1 is 1.03 bits per heavy atom. The van der Waals surface area contributed by atoms with Crippen molar-refractivity contribution in [2.45, 2.75) is 6.10 Å². The molecule has 1 aliphatic rings. The van der Waals surface area contributed by atoms with E-state index in [1.54, 1.807) is 30.3 Å². The second kappa shape index (κ2) is 9.56. The minimum Gasteiger partial charge on any atom is -0.496 e. The van der Waals surface area contributed by atoms with Crippen LogP contribution in [0.4, 0.5) is 11.4 Å². The Labute approximate surface area is 198 Å². The number of nitro benzene ring substituents is 1. The third-order valence-electron chi connectivity index (χ3n) is 5.52. The van der Waals surface area contributed by atoms with Gasteiger partial charge >= 0.3 is 5.97 Å². The van der Waals surface area contributed by atoms with Crippen molar-refractivity contribution in [1.29, 1.82) is 0 Å². The molecule has 0 aliphatic carbocycles. The van der Waals surface area contributed by atoms with E-state index in [1.807, 2.05) is 0 Å². The lowest BCUT2D eigenvalue weighted by atomic mass is 9.84. The number of ether oxygens (including phenoxy) is 2. The van der Waals surface area contributed by atoms with Gasteiger partial charge in [-0.15, -0.1) is 0 Å². The summed E-state index contributed by atoms with van der Waals surface area (Å²) in [6.07, 6.45) is -1.34. The first-order chi connectivity index (χ1) is 16.8. The summed E-state index contributed by atoms with van der Waals surface area (Å²) >= 11 is 0. The van der Waals surface area contributed by atoms with Crippen LogP contribution in [-0.4, -0.2) is 35.5 Å². The van der Waals surface area contributed by atoms with Crippen LogP contribution < -0.4 is 10.1 Å². The molecule has 0 fully saturated rings. The molecule has 0 unspecified atom stereocenters. The van der Waals surface area contributed by atoms with E-state index < -0.39 is 46.1 Å². The minimum absolute atomic E-state index is 0.134. The summed E-state index contributed by atoms with van der Waals surface area (Å²) in [4.78, 5) is 62.8. The number of nitrogens with zero attached hydrogens (tertiary/aromatic N) is 1. The average molecular weight is 474 g/mol. The molecule has 1 N–H and O–H groups in total. The Hall–Kier alpha value is -4.86. The summed E-state index contributed by atoms with van der Waals surface area (Å²) < 4.78 is 10.3. The molecule has 3 aromatic carbocycles. The quantitative estimate of drug-likeness (QED) is 0.130. The predicted molar refractivity (Wildman–Crippen MR) is 122 cm³/mol. The molecule has 0 radical (unpaired) electrons. The maximum atomic E-state index is 13.4. The van der Waals surface area contributed by atoms with Crippen molar-refractivity contribution in [3.05, 3.63) is 99.6 Å². The number of amides is 1. The molecule has 0 spiro atoms. The zero-order valence-electron chi connectivity index (χ0n) is 18.3. The number of benzene rings is 3. The summed E-state index contributed by atoms with van der Waals surface area (Å²) in [5, 5.41) is 13.7. The Bertz CT molecular complexity index is 1350. The fraction of sp³-hybridized carbons (Fsp3) is 0.120. The van der Waals surface area contributed by atoms with Crippen LogP contribution >= 0.6 is 0 Å². The maximum Gasteiger partial charge on any atom is 0.339 e. The lowest BCUT2D eigenvalue weighted by Crippen LogP contribution is -2.38. The second-order valence-corrected chi connectivity index (χ2v) is 7.58. The molecule has 0 bridgehead atoms. The highest BCUT2D eigenvalue weighted by Crippen LogP contribution is 2.38. The minimum atomic E-state index is -1.71. The number of carbonyl (C=O) groups is 4. The number of Topliss-reactive ketones (excluding diaryl/α,β-unsaturated/α-hetero) is 2. The summed E-state index contributed by atoms with van der Waals surface area (Å²) in [5.41, 5.74) is -0.154. The van der Waals surface area contributed by atoms with Crippen molar-refractivity contribution in [2.75, 3.05) is 12.4 Å². The number of cyclic esters (lactones) is 1. The van der Waals surface area contributed by atoms with E-state index in [2.05, 4.69) is 5.32 Å². The van der Waals surface area contributed by atoms with E-state index >= 15 is 0 Å². The van der Waals surface area contributed by atoms with Gasteiger partial charge in [-0.2, -0.15) is 0 Å². The topological polar surface area (TPSA) is 142 Å². The number of anilines is 1. The van der Waals surface area contributed by atoms with E-state index in [4.69, 9.17) is 9.47 Å². The standard InChI is InChI=1S/C25H18N2O8/c1-34-15-11-12-18(19(13-15)27(32)33)26-24(30)22(29)20(21(28)14-7-3-2-4-8-14)23-16-9-5-6-10-17(16)25(31)35-23/h2-13,20,23H,1H3,(H,26,30)/t20-,23-/m1/s1. The van der Waals surface area contributed by atoms with Crippen molar-refractivity contribution in [1.82, 2.24) is 0 Å². The van der Waals surface area contributed by atoms with Crippen molar-refractivity contribution < 1.29 is 33.6 Å². The number of rotatable bonds is 8. The molecule has 0 saturated carbocycles.